The highest BCUT2D eigenvalue weighted by molar-refractivity contribution is 5.92. The third kappa shape index (κ3) is 4.74. The highest BCUT2D eigenvalue weighted by Crippen LogP contribution is 2.18. The van der Waals surface area contributed by atoms with Crippen LogP contribution in [0, 0.1) is 13.8 Å². The molecule has 3 aromatic rings. The molecule has 1 heterocycles. The average Bonchev–Trinajstić information content (AvgIpc) is 3.11. The molecule has 0 aliphatic heterocycles. The van der Waals surface area contributed by atoms with Crippen molar-refractivity contribution in [1.29, 1.82) is 0 Å². The number of nitrogens with zero attached hydrogens (tertiary/aromatic N) is 3. The Morgan fingerprint density at radius 2 is 1.79 bits per heavy atom. The van der Waals surface area contributed by atoms with Crippen LogP contribution in [0.5, 0.6) is 0 Å². The summed E-state index contributed by atoms with van der Waals surface area (Å²) < 4.78 is 7.29. The molecule has 0 aliphatic rings. The first-order valence-electron chi connectivity index (χ1n) is 10.0. The number of hydrogen-bond donors (Lipinski definition) is 0. The van der Waals surface area contributed by atoms with Crippen molar-refractivity contribution >= 4 is 5.91 Å². The topological polar surface area (TPSA) is 47.4 Å². The second kappa shape index (κ2) is 9.52. The van der Waals surface area contributed by atoms with Crippen molar-refractivity contribution in [1.82, 2.24) is 14.7 Å². The fraction of sp³-hybridized carbons (Fsp3) is 0.333. The number of methoxy groups -OCH3 is 1. The number of ether oxygens (including phenoxy) is 1. The Bertz CT molecular complexity index is 950. The lowest BCUT2D eigenvalue weighted by molar-refractivity contribution is 0.0541. The number of carbonyl (C=O) groups excluding carboxylic acids is 1. The van der Waals surface area contributed by atoms with Crippen molar-refractivity contribution < 1.29 is 9.53 Å². The van der Waals surface area contributed by atoms with Crippen LogP contribution in [0.1, 0.15) is 34.2 Å². The van der Waals surface area contributed by atoms with E-state index in [1.165, 1.54) is 5.56 Å². The molecule has 0 N–H and O–H groups in total. The molecule has 0 saturated carbocycles. The lowest BCUT2D eigenvalue weighted by Gasteiger charge is -2.30. The number of rotatable bonds is 8. The maximum atomic E-state index is 13.4. The van der Waals surface area contributed by atoms with Crippen molar-refractivity contribution in [2.24, 2.45) is 0 Å². The lowest BCUT2D eigenvalue weighted by atomic mass is 10.0. The number of carbonyl (C=O) groups is 1. The Labute approximate surface area is 172 Å². The molecule has 1 unspecified atom stereocenters. The summed E-state index contributed by atoms with van der Waals surface area (Å²) in [5, 5.41) is 4.64. The molecule has 2 aromatic carbocycles. The van der Waals surface area contributed by atoms with Crippen LogP contribution in [-0.4, -0.2) is 46.9 Å². The van der Waals surface area contributed by atoms with Gasteiger partial charge in [0.25, 0.3) is 5.91 Å². The van der Waals surface area contributed by atoms with Crippen LogP contribution in [-0.2, 0) is 11.2 Å². The van der Waals surface area contributed by atoms with E-state index in [4.69, 9.17) is 4.74 Å². The summed E-state index contributed by atoms with van der Waals surface area (Å²) >= 11 is 0. The molecule has 0 aliphatic carbocycles. The zero-order valence-electron chi connectivity index (χ0n) is 17.6. The summed E-state index contributed by atoms with van der Waals surface area (Å²) in [7, 11) is 1.67. The van der Waals surface area contributed by atoms with Crippen LogP contribution in [0.3, 0.4) is 0 Å². The van der Waals surface area contributed by atoms with Crippen LogP contribution in [0.15, 0.2) is 60.7 Å². The summed E-state index contributed by atoms with van der Waals surface area (Å²) in [5.74, 6) is -0.0686. The van der Waals surface area contributed by atoms with E-state index in [1.807, 2.05) is 78.9 Å². The third-order valence-electron chi connectivity index (χ3n) is 5.17. The number of likely N-dealkylation sites (N-methyl/N-ethyl adjacent to an activating group) is 1. The number of hydrogen-bond acceptors (Lipinski definition) is 3. The van der Waals surface area contributed by atoms with Crippen LogP contribution < -0.4 is 0 Å². The molecule has 0 radical (unpaired) electrons. The van der Waals surface area contributed by atoms with Gasteiger partial charge in [-0.05, 0) is 50.5 Å². The van der Waals surface area contributed by atoms with Crippen LogP contribution in [0.4, 0.5) is 0 Å². The van der Waals surface area contributed by atoms with Gasteiger partial charge in [-0.3, -0.25) is 4.79 Å². The SMILES string of the molecule is CCN(C(=O)c1cc(C)n(-c2ccccc2C)n1)C(COC)Cc1ccccc1. The van der Waals surface area contributed by atoms with Gasteiger partial charge < -0.3 is 9.64 Å². The van der Waals surface area contributed by atoms with Crippen LogP contribution in [0.2, 0.25) is 0 Å². The number of amides is 1. The number of aromatic nitrogens is 2. The van der Waals surface area contributed by atoms with Gasteiger partial charge in [0.15, 0.2) is 5.69 Å². The lowest BCUT2D eigenvalue weighted by Crippen LogP contribution is -2.44. The molecule has 0 bridgehead atoms. The maximum absolute atomic E-state index is 13.4. The molecule has 0 fully saturated rings. The Hall–Kier alpha value is -2.92. The number of para-hydroxylation sites is 1. The Morgan fingerprint density at radius 3 is 2.45 bits per heavy atom. The summed E-state index contributed by atoms with van der Waals surface area (Å²) in [5.41, 5.74) is 4.69. The van der Waals surface area contributed by atoms with Gasteiger partial charge in [-0.25, -0.2) is 4.68 Å². The fourth-order valence-corrected chi connectivity index (χ4v) is 3.68. The third-order valence-corrected chi connectivity index (χ3v) is 5.17. The average molecular weight is 392 g/mol. The molecule has 0 saturated heterocycles. The Kier molecular flexibility index (Phi) is 6.83. The normalized spacial score (nSPS) is 12.0. The molecule has 29 heavy (non-hydrogen) atoms. The van der Waals surface area contributed by atoms with Gasteiger partial charge in [0.05, 0.1) is 18.3 Å². The zero-order valence-corrected chi connectivity index (χ0v) is 17.6. The van der Waals surface area contributed by atoms with E-state index in [0.717, 1.165) is 23.4 Å². The second-order valence-electron chi connectivity index (χ2n) is 7.26. The smallest absolute Gasteiger partial charge is 0.274 e. The summed E-state index contributed by atoms with van der Waals surface area (Å²) in [6.45, 7) is 7.09. The van der Waals surface area contributed by atoms with Crippen LogP contribution in [0.25, 0.3) is 5.69 Å². The van der Waals surface area contributed by atoms with Gasteiger partial charge in [-0.2, -0.15) is 5.10 Å². The molecule has 3 rings (SSSR count). The van der Waals surface area contributed by atoms with Gasteiger partial charge in [0.1, 0.15) is 0 Å². The van der Waals surface area contributed by atoms with E-state index >= 15 is 0 Å². The second-order valence-corrected chi connectivity index (χ2v) is 7.26. The van der Waals surface area contributed by atoms with Crippen molar-refractivity contribution in [3.8, 4) is 5.69 Å². The number of benzene rings is 2. The van der Waals surface area contributed by atoms with Crippen molar-refractivity contribution in [3.05, 3.63) is 83.2 Å². The molecule has 0 spiro atoms. The van der Waals surface area contributed by atoms with Gasteiger partial charge in [-0.1, -0.05) is 48.5 Å². The minimum atomic E-state index is -0.0686. The summed E-state index contributed by atoms with van der Waals surface area (Å²) in [6, 6.07) is 20.1. The predicted octanol–water partition coefficient (Wildman–Crippen LogP) is 4.21. The van der Waals surface area contributed by atoms with Crippen molar-refractivity contribution in [2.75, 3.05) is 20.3 Å². The first-order chi connectivity index (χ1) is 14.0. The summed E-state index contributed by atoms with van der Waals surface area (Å²) in [4.78, 5) is 15.2. The monoisotopic (exact) mass is 391 g/mol. The van der Waals surface area contributed by atoms with Gasteiger partial charge in [0, 0.05) is 19.3 Å². The molecule has 1 atom stereocenters. The Morgan fingerprint density at radius 1 is 1.10 bits per heavy atom. The predicted molar refractivity (Wildman–Crippen MR) is 116 cm³/mol. The molecular weight excluding hydrogens is 362 g/mol. The van der Waals surface area contributed by atoms with Crippen molar-refractivity contribution in [3.63, 3.8) is 0 Å². The minimum absolute atomic E-state index is 0.0520. The largest absolute Gasteiger partial charge is 0.383 e. The van der Waals surface area contributed by atoms with E-state index in [0.29, 0.717) is 18.8 Å². The highest BCUT2D eigenvalue weighted by Gasteiger charge is 2.26. The fourth-order valence-electron chi connectivity index (χ4n) is 3.68. The van der Waals surface area contributed by atoms with E-state index in [9.17, 15) is 4.79 Å². The van der Waals surface area contributed by atoms with Gasteiger partial charge in [0.2, 0.25) is 0 Å². The van der Waals surface area contributed by atoms with E-state index in [2.05, 4.69) is 17.2 Å². The molecule has 1 aromatic heterocycles. The van der Waals surface area contributed by atoms with Crippen LogP contribution >= 0.6 is 0 Å². The van der Waals surface area contributed by atoms with Gasteiger partial charge >= 0.3 is 0 Å². The summed E-state index contributed by atoms with van der Waals surface area (Å²) in [6.07, 6.45) is 0.742. The van der Waals surface area contributed by atoms with E-state index in [1.54, 1.807) is 7.11 Å². The molecular formula is C24H29N3O2. The van der Waals surface area contributed by atoms with Gasteiger partial charge in [-0.15, -0.1) is 0 Å². The molecule has 5 heteroatoms. The number of aryl methyl sites for hydroxylation is 2. The molecule has 152 valence electrons. The van der Waals surface area contributed by atoms with Crippen molar-refractivity contribution in [2.45, 2.75) is 33.2 Å². The van der Waals surface area contributed by atoms with E-state index < -0.39 is 0 Å². The molecule has 1 amide bonds. The zero-order chi connectivity index (χ0) is 20.8. The van der Waals surface area contributed by atoms with E-state index in [-0.39, 0.29) is 11.9 Å². The maximum Gasteiger partial charge on any atom is 0.274 e. The first-order valence-corrected chi connectivity index (χ1v) is 10.0. The molecule has 5 nitrogen and oxygen atoms in total. The standard InChI is InChI=1S/C24H29N3O2/c1-5-26(21(17-29-4)16-20-12-7-6-8-13-20)24(28)22-15-19(3)27(25-22)23-14-10-9-11-18(23)2/h6-15,21H,5,16-17H2,1-4H3. The minimum Gasteiger partial charge on any atom is -0.383 e. The quantitative estimate of drug-likeness (QED) is 0.578. The Balaban J connectivity index is 1.88. The first kappa shape index (κ1) is 20.8. The highest BCUT2D eigenvalue weighted by atomic mass is 16.5.